The summed E-state index contributed by atoms with van der Waals surface area (Å²) in [5.41, 5.74) is 6.36. The molecule has 1 heterocycles. The van der Waals surface area contributed by atoms with Crippen molar-refractivity contribution in [1.82, 2.24) is 4.98 Å². The summed E-state index contributed by atoms with van der Waals surface area (Å²) in [5.74, 6) is 1.10. The molecule has 0 spiro atoms. The van der Waals surface area contributed by atoms with Gasteiger partial charge < -0.3 is 10.5 Å². The van der Waals surface area contributed by atoms with E-state index in [1.807, 2.05) is 39.8 Å². The monoisotopic (exact) mass is 180 g/mol. The van der Waals surface area contributed by atoms with Gasteiger partial charge in [-0.05, 0) is 39.8 Å². The minimum atomic E-state index is -0.231. The molecule has 2 N–H and O–H groups in total. The van der Waals surface area contributed by atoms with Crippen LogP contribution >= 0.6 is 0 Å². The Morgan fingerprint density at radius 3 is 2.38 bits per heavy atom. The van der Waals surface area contributed by atoms with Crippen LogP contribution in [0.2, 0.25) is 0 Å². The van der Waals surface area contributed by atoms with E-state index in [2.05, 4.69) is 4.98 Å². The fourth-order valence-corrected chi connectivity index (χ4v) is 0.980. The van der Waals surface area contributed by atoms with Crippen molar-refractivity contribution in [3.8, 4) is 5.75 Å². The average Bonchev–Trinajstić information content (AvgIpc) is 1.93. The van der Waals surface area contributed by atoms with Crippen LogP contribution in [0.3, 0.4) is 0 Å². The number of ether oxygens (including phenoxy) is 1. The molecule has 0 aliphatic carbocycles. The van der Waals surface area contributed by atoms with Crippen LogP contribution in [0.1, 0.15) is 26.5 Å². The van der Waals surface area contributed by atoms with Gasteiger partial charge in [0, 0.05) is 5.69 Å². The van der Waals surface area contributed by atoms with Crippen LogP contribution in [-0.4, -0.2) is 10.6 Å². The lowest BCUT2D eigenvalue weighted by atomic mass is 10.2. The normalized spacial score (nSPS) is 11.4. The minimum Gasteiger partial charge on any atom is -0.484 e. The Kier molecular flexibility index (Phi) is 2.45. The number of nitrogens with zero attached hydrogens (tertiary/aromatic N) is 1. The van der Waals surface area contributed by atoms with E-state index in [0.29, 0.717) is 11.6 Å². The van der Waals surface area contributed by atoms with E-state index in [-0.39, 0.29) is 5.60 Å². The van der Waals surface area contributed by atoms with Crippen molar-refractivity contribution in [2.24, 2.45) is 0 Å². The molecule has 0 amide bonds. The smallest absolute Gasteiger partial charge is 0.166 e. The van der Waals surface area contributed by atoms with E-state index >= 15 is 0 Å². The van der Waals surface area contributed by atoms with Crippen LogP contribution in [0.5, 0.6) is 5.75 Å². The van der Waals surface area contributed by atoms with Crippen molar-refractivity contribution in [2.75, 3.05) is 5.73 Å². The molecule has 0 aliphatic heterocycles. The van der Waals surface area contributed by atoms with E-state index in [0.717, 1.165) is 5.69 Å². The highest BCUT2D eigenvalue weighted by molar-refractivity contribution is 5.46. The molecule has 0 bridgehead atoms. The molecular formula is C10H16N2O. The van der Waals surface area contributed by atoms with Gasteiger partial charge in [-0.25, -0.2) is 4.98 Å². The van der Waals surface area contributed by atoms with E-state index < -0.39 is 0 Å². The van der Waals surface area contributed by atoms with Gasteiger partial charge in [0.05, 0.1) is 0 Å². The van der Waals surface area contributed by atoms with Gasteiger partial charge in [0.2, 0.25) is 0 Å². The second kappa shape index (κ2) is 3.24. The number of anilines is 1. The van der Waals surface area contributed by atoms with Gasteiger partial charge in [0.25, 0.3) is 0 Å². The van der Waals surface area contributed by atoms with Crippen molar-refractivity contribution in [3.63, 3.8) is 0 Å². The van der Waals surface area contributed by atoms with Gasteiger partial charge in [-0.15, -0.1) is 0 Å². The summed E-state index contributed by atoms with van der Waals surface area (Å²) >= 11 is 0. The van der Waals surface area contributed by atoms with E-state index in [1.54, 1.807) is 0 Å². The lowest BCUT2D eigenvalue weighted by Gasteiger charge is -2.21. The van der Waals surface area contributed by atoms with E-state index in [4.69, 9.17) is 10.5 Å². The molecule has 3 nitrogen and oxygen atoms in total. The van der Waals surface area contributed by atoms with Crippen molar-refractivity contribution in [2.45, 2.75) is 33.3 Å². The molecule has 0 unspecified atom stereocenters. The largest absolute Gasteiger partial charge is 0.484 e. The first-order valence-corrected chi connectivity index (χ1v) is 4.30. The quantitative estimate of drug-likeness (QED) is 0.720. The minimum absolute atomic E-state index is 0.231. The zero-order valence-corrected chi connectivity index (χ0v) is 8.59. The fourth-order valence-electron chi connectivity index (χ4n) is 0.980. The summed E-state index contributed by atoms with van der Waals surface area (Å²) in [6.07, 6.45) is 0. The molecule has 72 valence electrons. The topological polar surface area (TPSA) is 48.1 Å². The van der Waals surface area contributed by atoms with Crippen molar-refractivity contribution in [1.29, 1.82) is 0 Å². The zero-order chi connectivity index (χ0) is 10.1. The average molecular weight is 180 g/mol. The lowest BCUT2D eigenvalue weighted by Crippen LogP contribution is -2.23. The van der Waals surface area contributed by atoms with Crippen molar-refractivity contribution < 1.29 is 4.74 Å². The molecule has 3 heteroatoms. The van der Waals surface area contributed by atoms with Crippen molar-refractivity contribution in [3.05, 3.63) is 17.8 Å². The van der Waals surface area contributed by atoms with Crippen LogP contribution in [0.4, 0.5) is 5.82 Å². The second-order valence-corrected chi connectivity index (χ2v) is 4.05. The van der Waals surface area contributed by atoms with Gasteiger partial charge >= 0.3 is 0 Å². The molecule has 0 saturated carbocycles. The highest BCUT2D eigenvalue weighted by atomic mass is 16.5. The molecule has 0 saturated heterocycles. The molecule has 1 aromatic heterocycles. The van der Waals surface area contributed by atoms with Crippen molar-refractivity contribution >= 4 is 5.82 Å². The summed E-state index contributed by atoms with van der Waals surface area (Å²) < 4.78 is 5.60. The fraction of sp³-hybridized carbons (Fsp3) is 0.500. The number of aromatic nitrogens is 1. The number of nitrogen functional groups attached to an aromatic ring is 1. The third-order valence-corrected chi connectivity index (χ3v) is 1.44. The molecule has 0 aliphatic rings. The van der Waals surface area contributed by atoms with Crippen LogP contribution in [0.25, 0.3) is 0 Å². The molecule has 1 rings (SSSR count). The highest BCUT2D eigenvalue weighted by Gasteiger charge is 2.13. The summed E-state index contributed by atoms with van der Waals surface area (Å²) in [5, 5.41) is 0. The Balaban J connectivity index is 2.90. The maximum absolute atomic E-state index is 5.69. The summed E-state index contributed by atoms with van der Waals surface area (Å²) in [4.78, 5) is 4.11. The summed E-state index contributed by atoms with van der Waals surface area (Å²) in [6.45, 7) is 7.84. The summed E-state index contributed by atoms with van der Waals surface area (Å²) in [7, 11) is 0. The number of pyridine rings is 1. The van der Waals surface area contributed by atoms with Gasteiger partial charge in [0.15, 0.2) is 11.6 Å². The first kappa shape index (κ1) is 9.84. The van der Waals surface area contributed by atoms with Crippen LogP contribution in [0, 0.1) is 6.92 Å². The first-order valence-electron chi connectivity index (χ1n) is 4.30. The highest BCUT2D eigenvalue weighted by Crippen LogP contribution is 2.23. The SMILES string of the molecule is Cc1ccc(OC(C)(C)C)c(N)n1. The van der Waals surface area contributed by atoms with E-state index in [1.165, 1.54) is 0 Å². The van der Waals surface area contributed by atoms with Gasteiger partial charge in [0.1, 0.15) is 5.60 Å². The first-order chi connectivity index (χ1) is 5.88. The second-order valence-electron chi connectivity index (χ2n) is 4.05. The Labute approximate surface area is 78.9 Å². The summed E-state index contributed by atoms with van der Waals surface area (Å²) in [6, 6.07) is 3.74. The molecule has 0 radical (unpaired) electrons. The standard InChI is InChI=1S/C10H16N2O/c1-7-5-6-8(9(11)12-7)13-10(2,3)4/h5-6H,1-4H3,(H2,11,12). The molecular weight excluding hydrogens is 164 g/mol. The predicted octanol–water partition coefficient (Wildman–Crippen LogP) is 2.15. The molecule has 0 aromatic carbocycles. The van der Waals surface area contributed by atoms with Gasteiger partial charge in [-0.1, -0.05) is 0 Å². The van der Waals surface area contributed by atoms with Crippen LogP contribution in [0.15, 0.2) is 12.1 Å². The van der Waals surface area contributed by atoms with Gasteiger partial charge in [-0.3, -0.25) is 0 Å². The molecule has 0 atom stereocenters. The Morgan fingerprint density at radius 2 is 1.92 bits per heavy atom. The van der Waals surface area contributed by atoms with Gasteiger partial charge in [-0.2, -0.15) is 0 Å². The third kappa shape index (κ3) is 2.93. The zero-order valence-electron chi connectivity index (χ0n) is 8.59. The van der Waals surface area contributed by atoms with E-state index in [9.17, 15) is 0 Å². The van der Waals surface area contributed by atoms with Crippen LogP contribution in [-0.2, 0) is 0 Å². The predicted molar refractivity (Wildman–Crippen MR) is 53.8 cm³/mol. The maximum atomic E-state index is 5.69. The number of nitrogens with two attached hydrogens (primary N) is 1. The lowest BCUT2D eigenvalue weighted by molar-refractivity contribution is 0.131. The third-order valence-electron chi connectivity index (χ3n) is 1.44. The Bertz CT molecular complexity index is 302. The molecule has 1 aromatic rings. The number of aryl methyl sites for hydroxylation is 1. The Hall–Kier alpha value is -1.25. The molecule has 0 fully saturated rings. The van der Waals surface area contributed by atoms with Crippen LogP contribution < -0.4 is 10.5 Å². The Morgan fingerprint density at radius 1 is 1.31 bits per heavy atom. The number of rotatable bonds is 1. The maximum Gasteiger partial charge on any atom is 0.166 e. The molecule has 13 heavy (non-hydrogen) atoms. The number of hydrogen-bond donors (Lipinski definition) is 1. The number of hydrogen-bond acceptors (Lipinski definition) is 3.